The van der Waals surface area contributed by atoms with E-state index in [0.717, 1.165) is 50.3 Å². The summed E-state index contributed by atoms with van der Waals surface area (Å²) in [6.07, 6.45) is 5.22. The summed E-state index contributed by atoms with van der Waals surface area (Å²) < 4.78 is 0. The van der Waals surface area contributed by atoms with E-state index >= 15 is 0 Å². The first-order valence-electron chi connectivity index (χ1n) is 12.7. The Morgan fingerprint density at radius 1 is 1.00 bits per heavy atom. The first kappa shape index (κ1) is 23.9. The van der Waals surface area contributed by atoms with Gasteiger partial charge in [-0.3, -0.25) is 14.7 Å². The first-order chi connectivity index (χ1) is 16.0. The number of hydrogen-bond donors (Lipinski definition) is 1. The Morgan fingerprint density at radius 3 is 2.42 bits per heavy atom. The lowest BCUT2D eigenvalue weighted by Crippen LogP contribution is -2.49. The van der Waals surface area contributed by atoms with Gasteiger partial charge in [-0.05, 0) is 95.9 Å². The van der Waals surface area contributed by atoms with Crippen LogP contribution >= 0.6 is 0 Å². The minimum absolute atomic E-state index is 0.113. The summed E-state index contributed by atoms with van der Waals surface area (Å²) in [4.78, 5) is 22.7. The van der Waals surface area contributed by atoms with Gasteiger partial charge in [-0.15, -0.1) is 0 Å². The third-order valence-electron chi connectivity index (χ3n) is 7.48. The smallest absolute Gasteiger partial charge is 0.223 e. The van der Waals surface area contributed by atoms with Crippen molar-refractivity contribution < 1.29 is 4.79 Å². The van der Waals surface area contributed by atoms with Crippen LogP contribution in [0.1, 0.15) is 55.1 Å². The van der Waals surface area contributed by atoms with Crippen LogP contribution in [0, 0.1) is 19.8 Å². The largest absolute Gasteiger partial charge is 0.353 e. The number of piperidine rings is 2. The molecule has 1 N–H and O–H groups in total. The molecule has 2 aliphatic rings. The molecule has 0 bridgehead atoms. The minimum Gasteiger partial charge on any atom is -0.353 e. The van der Waals surface area contributed by atoms with Gasteiger partial charge >= 0.3 is 0 Å². The summed E-state index contributed by atoms with van der Waals surface area (Å²) in [7, 11) is 0. The number of nitrogens with zero attached hydrogens (tertiary/aromatic N) is 3. The number of rotatable bonds is 7. The average Bonchev–Trinajstić information content (AvgIpc) is 2.81. The number of hydrogen-bond acceptors (Lipinski definition) is 4. The van der Waals surface area contributed by atoms with Gasteiger partial charge in [0.25, 0.3) is 0 Å². The molecule has 178 valence electrons. The number of aryl methyl sites for hydroxylation is 2. The highest BCUT2D eigenvalue weighted by Crippen LogP contribution is 2.25. The summed E-state index contributed by atoms with van der Waals surface area (Å²) in [5, 5.41) is 3.24. The fourth-order valence-corrected chi connectivity index (χ4v) is 5.44. The van der Waals surface area contributed by atoms with Gasteiger partial charge in [-0.2, -0.15) is 0 Å². The lowest BCUT2D eigenvalue weighted by molar-refractivity contribution is -0.127. The van der Waals surface area contributed by atoms with Crippen molar-refractivity contribution in [1.29, 1.82) is 0 Å². The second kappa shape index (κ2) is 11.3. The van der Waals surface area contributed by atoms with E-state index in [1.165, 1.54) is 37.1 Å². The number of likely N-dealkylation sites (tertiary alicyclic amines) is 2. The van der Waals surface area contributed by atoms with E-state index in [-0.39, 0.29) is 17.9 Å². The molecule has 2 saturated heterocycles. The molecule has 0 radical (unpaired) electrons. The molecule has 4 rings (SSSR count). The van der Waals surface area contributed by atoms with Crippen LogP contribution in [0.5, 0.6) is 0 Å². The molecule has 2 fully saturated rings. The molecule has 5 nitrogen and oxygen atoms in total. The zero-order valence-electron chi connectivity index (χ0n) is 20.6. The van der Waals surface area contributed by atoms with Crippen molar-refractivity contribution in [2.45, 2.75) is 71.5 Å². The van der Waals surface area contributed by atoms with E-state index in [1.54, 1.807) is 0 Å². The third kappa shape index (κ3) is 6.64. The lowest BCUT2D eigenvalue weighted by Gasteiger charge is -2.41. The molecule has 3 heterocycles. The average molecular weight is 449 g/mol. The predicted octanol–water partition coefficient (Wildman–Crippen LogP) is 4.12. The number of carbonyl (C=O) groups excluding carboxylic acids is 1. The van der Waals surface area contributed by atoms with Crippen LogP contribution in [0.15, 0.2) is 42.5 Å². The fraction of sp³-hybridized carbons (Fsp3) is 0.571. The SMILES string of the molecule is Cc1cccc(CC(C)NC(=O)C2CCN(C3CCN(Cc4ccccc4C)CC3)CC2)n1. The Hall–Kier alpha value is -2.24. The Labute approximate surface area is 199 Å². The van der Waals surface area contributed by atoms with Crippen molar-refractivity contribution >= 4 is 5.91 Å². The molecule has 2 aromatic rings. The molecule has 5 heteroatoms. The van der Waals surface area contributed by atoms with Gasteiger partial charge in [0.2, 0.25) is 5.91 Å². The van der Waals surface area contributed by atoms with E-state index in [2.05, 4.69) is 58.2 Å². The zero-order chi connectivity index (χ0) is 23.2. The van der Waals surface area contributed by atoms with Gasteiger partial charge in [-0.25, -0.2) is 0 Å². The number of aromatic nitrogens is 1. The molecule has 1 aromatic heterocycles. The Morgan fingerprint density at radius 2 is 1.73 bits per heavy atom. The molecule has 2 aliphatic heterocycles. The van der Waals surface area contributed by atoms with Crippen molar-refractivity contribution in [3.05, 3.63) is 65.0 Å². The number of pyridine rings is 1. The molecular formula is C28H40N4O. The highest BCUT2D eigenvalue weighted by atomic mass is 16.1. The summed E-state index contributed by atoms with van der Waals surface area (Å²) >= 11 is 0. The van der Waals surface area contributed by atoms with E-state index in [9.17, 15) is 4.79 Å². The van der Waals surface area contributed by atoms with Crippen LogP contribution in [0.25, 0.3) is 0 Å². The number of benzene rings is 1. The summed E-state index contributed by atoms with van der Waals surface area (Å²) in [6.45, 7) is 11.8. The van der Waals surface area contributed by atoms with Gasteiger partial charge in [0.1, 0.15) is 0 Å². The van der Waals surface area contributed by atoms with Crippen LogP contribution < -0.4 is 5.32 Å². The standard InChI is InChI=1S/C28H40N4O/c1-21-7-4-5-9-25(21)20-31-15-13-27(14-16-31)32-17-11-24(12-18-32)28(33)30-23(3)19-26-10-6-8-22(2)29-26/h4-10,23-24,27H,11-20H2,1-3H3,(H,30,33). The van der Waals surface area contributed by atoms with Crippen molar-refractivity contribution in [3.8, 4) is 0 Å². The van der Waals surface area contributed by atoms with Gasteiger partial charge in [0, 0.05) is 42.4 Å². The molecule has 1 amide bonds. The summed E-state index contributed by atoms with van der Waals surface area (Å²) in [6, 6.07) is 15.6. The van der Waals surface area contributed by atoms with Crippen molar-refractivity contribution in [2.24, 2.45) is 5.92 Å². The van der Waals surface area contributed by atoms with Crippen molar-refractivity contribution in [3.63, 3.8) is 0 Å². The van der Waals surface area contributed by atoms with Gasteiger partial charge in [0.05, 0.1) is 0 Å². The number of carbonyl (C=O) groups is 1. The van der Waals surface area contributed by atoms with E-state index in [0.29, 0.717) is 6.04 Å². The monoisotopic (exact) mass is 448 g/mol. The molecule has 1 aromatic carbocycles. The fourth-order valence-electron chi connectivity index (χ4n) is 5.44. The normalized spacial score (nSPS) is 20.0. The van der Waals surface area contributed by atoms with Gasteiger partial charge in [0.15, 0.2) is 0 Å². The van der Waals surface area contributed by atoms with Crippen LogP contribution in [0.2, 0.25) is 0 Å². The van der Waals surface area contributed by atoms with E-state index < -0.39 is 0 Å². The topological polar surface area (TPSA) is 48.5 Å². The first-order valence-corrected chi connectivity index (χ1v) is 12.7. The summed E-state index contributed by atoms with van der Waals surface area (Å²) in [5.74, 6) is 0.373. The zero-order valence-corrected chi connectivity index (χ0v) is 20.6. The minimum atomic E-state index is 0.113. The maximum atomic E-state index is 12.8. The van der Waals surface area contributed by atoms with Crippen molar-refractivity contribution in [2.75, 3.05) is 26.2 Å². The highest BCUT2D eigenvalue weighted by molar-refractivity contribution is 5.79. The molecule has 0 aliphatic carbocycles. The molecule has 0 saturated carbocycles. The van der Waals surface area contributed by atoms with Crippen molar-refractivity contribution in [1.82, 2.24) is 20.1 Å². The lowest BCUT2D eigenvalue weighted by atomic mass is 9.92. The molecular weight excluding hydrogens is 408 g/mol. The second-order valence-electron chi connectivity index (χ2n) is 10.1. The molecule has 1 atom stereocenters. The van der Waals surface area contributed by atoms with Crippen LogP contribution in [0.3, 0.4) is 0 Å². The Balaban J connectivity index is 1.17. The Kier molecular flexibility index (Phi) is 8.15. The highest BCUT2D eigenvalue weighted by Gasteiger charge is 2.31. The van der Waals surface area contributed by atoms with Crippen LogP contribution in [0.4, 0.5) is 0 Å². The van der Waals surface area contributed by atoms with Gasteiger partial charge < -0.3 is 10.2 Å². The summed E-state index contributed by atoms with van der Waals surface area (Å²) in [5.41, 5.74) is 4.92. The van der Waals surface area contributed by atoms with Gasteiger partial charge in [-0.1, -0.05) is 30.3 Å². The maximum absolute atomic E-state index is 12.8. The van der Waals surface area contributed by atoms with E-state index in [1.807, 2.05) is 25.1 Å². The molecule has 33 heavy (non-hydrogen) atoms. The predicted molar refractivity (Wildman–Crippen MR) is 134 cm³/mol. The third-order valence-corrected chi connectivity index (χ3v) is 7.48. The van der Waals surface area contributed by atoms with Crippen LogP contribution in [-0.2, 0) is 17.8 Å². The molecule has 0 spiro atoms. The van der Waals surface area contributed by atoms with Crippen LogP contribution in [-0.4, -0.2) is 59.0 Å². The second-order valence-corrected chi connectivity index (χ2v) is 10.1. The van der Waals surface area contributed by atoms with E-state index in [4.69, 9.17) is 0 Å². The quantitative estimate of drug-likeness (QED) is 0.692. The number of nitrogens with one attached hydrogen (secondary N) is 1. The Bertz CT molecular complexity index is 914. The maximum Gasteiger partial charge on any atom is 0.223 e. The number of amides is 1. The molecule has 1 unspecified atom stereocenters.